The van der Waals surface area contributed by atoms with Crippen molar-refractivity contribution in [3.8, 4) is 5.75 Å². The number of carboxylic acid groups (broad SMARTS) is 2. The first-order valence-corrected chi connectivity index (χ1v) is 4.27. The fourth-order valence-corrected chi connectivity index (χ4v) is 1.22. The summed E-state index contributed by atoms with van der Waals surface area (Å²) in [7, 11) is 0. The molecule has 0 aliphatic heterocycles. The molecule has 0 saturated heterocycles. The van der Waals surface area contributed by atoms with Crippen molar-refractivity contribution >= 4 is 11.9 Å². The van der Waals surface area contributed by atoms with E-state index in [0.29, 0.717) is 5.56 Å². The summed E-state index contributed by atoms with van der Waals surface area (Å²) in [5, 5.41) is 26.3. The lowest BCUT2D eigenvalue weighted by atomic mass is 10.0. The van der Waals surface area contributed by atoms with E-state index in [4.69, 9.17) is 15.3 Å². The van der Waals surface area contributed by atoms with Crippen LogP contribution in [0.5, 0.6) is 5.75 Å². The van der Waals surface area contributed by atoms with Crippen molar-refractivity contribution in [2.24, 2.45) is 0 Å². The van der Waals surface area contributed by atoms with Crippen LogP contribution in [0.3, 0.4) is 0 Å². The Morgan fingerprint density at radius 2 is 1.87 bits per heavy atom. The molecule has 0 saturated carbocycles. The van der Waals surface area contributed by atoms with Crippen LogP contribution in [0.15, 0.2) is 18.2 Å². The van der Waals surface area contributed by atoms with Crippen LogP contribution in [0.4, 0.5) is 0 Å². The molecule has 0 aliphatic carbocycles. The van der Waals surface area contributed by atoms with Crippen LogP contribution in [0, 0.1) is 0 Å². The molecule has 0 fully saturated rings. The number of aromatic carboxylic acids is 1. The zero-order valence-corrected chi connectivity index (χ0v) is 7.80. The lowest BCUT2D eigenvalue weighted by Crippen LogP contribution is -2.05. The molecule has 1 rings (SSSR count). The summed E-state index contributed by atoms with van der Waals surface area (Å²) < 4.78 is 0. The number of aryl methyl sites for hydroxylation is 1. The monoisotopic (exact) mass is 210 g/mol. The van der Waals surface area contributed by atoms with Gasteiger partial charge in [0.05, 0.1) is 5.56 Å². The molecule has 0 radical (unpaired) electrons. The minimum Gasteiger partial charge on any atom is -0.508 e. The van der Waals surface area contributed by atoms with Crippen molar-refractivity contribution in [1.29, 1.82) is 0 Å². The van der Waals surface area contributed by atoms with E-state index in [2.05, 4.69) is 0 Å². The van der Waals surface area contributed by atoms with E-state index in [-0.39, 0.29) is 24.2 Å². The summed E-state index contributed by atoms with van der Waals surface area (Å²) in [5.41, 5.74) is 0.346. The predicted molar refractivity (Wildman–Crippen MR) is 51.0 cm³/mol. The van der Waals surface area contributed by atoms with Crippen LogP contribution in [-0.2, 0) is 11.2 Å². The summed E-state index contributed by atoms with van der Waals surface area (Å²) in [6, 6.07) is 3.87. The standard InChI is InChI=1S/C10H10O5/c11-7-3-1-6(2-4-9(12)13)8(5-7)10(14)15/h1,3,5,11H,2,4H2,(H,12,13)(H,14,15). The average molecular weight is 210 g/mol. The Labute approximate surface area is 85.6 Å². The van der Waals surface area contributed by atoms with Gasteiger partial charge < -0.3 is 15.3 Å². The molecule has 0 aliphatic rings. The van der Waals surface area contributed by atoms with Gasteiger partial charge in [-0.1, -0.05) is 6.07 Å². The highest BCUT2D eigenvalue weighted by Crippen LogP contribution is 2.18. The fraction of sp³-hybridized carbons (Fsp3) is 0.200. The maximum Gasteiger partial charge on any atom is 0.336 e. The molecule has 0 amide bonds. The van der Waals surface area contributed by atoms with E-state index in [1.165, 1.54) is 12.1 Å². The third-order valence-corrected chi connectivity index (χ3v) is 1.93. The number of phenolic OH excluding ortho intramolecular Hbond substituents is 1. The first kappa shape index (κ1) is 11.0. The second-order valence-corrected chi connectivity index (χ2v) is 3.04. The van der Waals surface area contributed by atoms with Crippen molar-refractivity contribution in [3.05, 3.63) is 29.3 Å². The summed E-state index contributed by atoms with van der Waals surface area (Å²) in [6.07, 6.45) is 0.00228. The average Bonchev–Trinajstić information content (AvgIpc) is 2.15. The van der Waals surface area contributed by atoms with Crippen molar-refractivity contribution in [1.82, 2.24) is 0 Å². The maximum absolute atomic E-state index is 10.8. The Bertz CT molecular complexity index is 397. The molecule has 0 aromatic heterocycles. The molecule has 0 bridgehead atoms. The van der Waals surface area contributed by atoms with Gasteiger partial charge >= 0.3 is 11.9 Å². The molecule has 3 N–H and O–H groups in total. The van der Waals surface area contributed by atoms with E-state index in [0.717, 1.165) is 6.07 Å². The number of aliphatic carboxylic acids is 1. The van der Waals surface area contributed by atoms with Crippen molar-refractivity contribution in [2.45, 2.75) is 12.8 Å². The minimum atomic E-state index is -1.17. The van der Waals surface area contributed by atoms with Crippen LogP contribution in [-0.4, -0.2) is 27.3 Å². The Morgan fingerprint density at radius 3 is 2.40 bits per heavy atom. The SMILES string of the molecule is O=C(O)CCc1ccc(O)cc1C(=O)O. The first-order valence-electron chi connectivity index (χ1n) is 4.27. The Balaban J connectivity index is 2.95. The molecular weight excluding hydrogens is 200 g/mol. The third-order valence-electron chi connectivity index (χ3n) is 1.93. The first-order chi connectivity index (χ1) is 7.00. The third kappa shape index (κ3) is 2.98. The molecule has 0 unspecified atom stereocenters. The second kappa shape index (κ2) is 4.45. The van der Waals surface area contributed by atoms with Gasteiger partial charge in [-0.05, 0) is 24.1 Å². The van der Waals surface area contributed by atoms with Gasteiger partial charge in [0.15, 0.2) is 0 Å². The number of carboxylic acids is 2. The fourth-order valence-electron chi connectivity index (χ4n) is 1.22. The minimum absolute atomic E-state index is 0.0590. The van der Waals surface area contributed by atoms with Crippen LogP contribution in [0.1, 0.15) is 22.3 Å². The van der Waals surface area contributed by atoms with Gasteiger partial charge in [-0.3, -0.25) is 4.79 Å². The normalized spacial score (nSPS) is 9.87. The molecular formula is C10H10O5. The van der Waals surface area contributed by atoms with Gasteiger partial charge in [0.1, 0.15) is 5.75 Å². The molecule has 1 aromatic carbocycles. The highest BCUT2D eigenvalue weighted by Gasteiger charge is 2.11. The highest BCUT2D eigenvalue weighted by molar-refractivity contribution is 5.90. The molecule has 1 aromatic rings. The number of phenols is 1. The lowest BCUT2D eigenvalue weighted by Gasteiger charge is -2.04. The number of hydrogen-bond donors (Lipinski definition) is 3. The van der Waals surface area contributed by atoms with Crippen LogP contribution >= 0.6 is 0 Å². The summed E-state index contributed by atoms with van der Waals surface area (Å²) >= 11 is 0. The molecule has 0 spiro atoms. The Hall–Kier alpha value is -2.04. The molecule has 5 heteroatoms. The molecule has 15 heavy (non-hydrogen) atoms. The van der Waals surface area contributed by atoms with Gasteiger partial charge in [-0.25, -0.2) is 4.79 Å². The Kier molecular flexibility index (Phi) is 3.28. The zero-order valence-electron chi connectivity index (χ0n) is 7.80. The number of rotatable bonds is 4. The van der Waals surface area contributed by atoms with Gasteiger partial charge in [0.25, 0.3) is 0 Å². The van der Waals surface area contributed by atoms with E-state index < -0.39 is 11.9 Å². The Morgan fingerprint density at radius 1 is 1.20 bits per heavy atom. The topological polar surface area (TPSA) is 94.8 Å². The number of aromatic hydroxyl groups is 1. The van der Waals surface area contributed by atoms with Crippen molar-refractivity contribution < 1.29 is 24.9 Å². The summed E-state index contributed by atoms with van der Waals surface area (Å²) in [6.45, 7) is 0. The summed E-state index contributed by atoms with van der Waals surface area (Å²) in [4.78, 5) is 21.1. The van der Waals surface area contributed by atoms with Crippen LogP contribution < -0.4 is 0 Å². The summed E-state index contributed by atoms with van der Waals surface area (Å²) in [5.74, 6) is -2.31. The van der Waals surface area contributed by atoms with Crippen LogP contribution in [0.2, 0.25) is 0 Å². The smallest absolute Gasteiger partial charge is 0.336 e. The predicted octanol–water partition coefficient (Wildman–Crippen LogP) is 1.11. The van der Waals surface area contributed by atoms with Gasteiger partial charge in [-0.2, -0.15) is 0 Å². The number of benzene rings is 1. The molecule has 5 nitrogen and oxygen atoms in total. The van der Waals surface area contributed by atoms with E-state index in [1.807, 2.05) is 0 Å². The quantitative estimate of drug-likeness (QED) is 0.691. The van der Waals surface area contributed by atoms with Crippen LogP contribution in [0.25, 0.3) is 0 Å². The van der Waals surface area contributed by atoms with Crippen molar-refractivity contribution in [2.75, 3.05) is 0 Å². The van der Waals surface area contributed by atoms with Gasteiger partial charge in [0.2, 0.25) is 0 Å². The van der Waals surface area contributed by atoms with Gasteiger partial charge in [-0.15, -0.1) is 0 Å². The maximum atomic E-state index is 10.8. The molecule has 0 heterocycles. The largest absolute Gasteiger partial charge is 0.508 e. The molecule has 80 valence electrons. The zero-order chi connectivity index (χ0) is 11.4. The van der Waals surface area contributed by atoms with Gasteiger partial charge in [0, 0.05) is 6.42 Å². The van der Waals surface area contributed by atoms with E-state index in [9.17, 15) is 9.59 Å². The number of hydrogen-bond acceptors (Lipinski definition) is 3. The molecule has 0 atom stereocenters. The van der Waals surface area contributed by atoms with Crippen molar-refractivity contribution in [3.63, 3.8) is 0 Å². The highest BCUT2D eigenvalue weighted by atomic mass is 16.4. The lowest BCUT2D eigenvalue weighted by molar-refractivity contribution is -0.136. The van der Waals surface area contributed by atoms with E-state index in [1.54, 1.807) is 0 Å². The second-order valence-electron chi connectivity index (χ2n) is 3.04. The van der Waals surface area contributed by atoms with E-state index >= 15 is 0 Å². The number of carbonyl (C=O) groups is 2.